The SMILES string of the molecule is OC(CCN1CC=C(c2cccc(C(F)(F)F)c2)CC1)c1ccc(Cc2ccccc2)cc1. The second-order valence-corrected chi connectivity index (χ2v) is 8.57. The fourth-order valence-electron chi connectivity index (χ4n) is 4.23. The van der Waals surface area contributed by atoms with Gasteiger partial charge in [0.05, 0.1) is 11.7 Å². The van der Waals surface area contributed by atoms with E-state index in [-0.39, 0.29) is 0 Å². The molecular formula is C28H28F3NO. The molecule has 0 aliphatic carbocycles. The number of aliphatic hydroxyl groups excluding tert-OH is 1. The van der Waals surface area contributed by atoms with E-state index in [1.807, 2.05) is 36.4 Å². The van der Waals surface area contributed by atoms with Crippen LogP contribution in [-0.2, 0) is 12.6 Å². The molecule has 1 aliphatic heterocycles. The molecule has 0 radical (unpaired) electrons. The molecule has 2 nitrogen and oxygen atoms in total. The molecule has 3 aromatic carbocycles. The van der Waals surface area contributed by atoms with Gasteiger partial charge in [0.25, 0.3) is 0 Å². The second-order valence-electron chi connectivity index (χ2n) is 8.57. The number of hydrogen-bond acceptors (Lipinski definition) is 2. The maximum atomic E-state index is 13.0. The highest BCUT2D eigenvalue weighted by atomic mass is 19.4. The van der Waals surface area contributed by atoms with Crippen LogP contribution in [0.3, 0.4) is 0 Å². The van der Waals surface area contributed by atoms with Crippen LogP contribution in [0.25, 0.3) is 5.57 Å². The maximum Gasteiger partial charge on any atom is 0.416 e. The van der Waals surface area contributed by atoms with Gasteiger partial charge >= 0.3 is 6.18 Å². The zero-order valence-electron chi connectivity index (χ0n) is 18.4. The first-order valence-corrected chi connectivity index (χ1v) is 11.3. The Morgan fingerprint density at radius 1 is 0.879 bits per heavy atom. The van der Waals surface area contributed by atoms with Gasteiger partial charge in [-0.3, -0.25) is 4.90 Å². The normalized spacial score (nSPS) is 15.8. The van der Waals surface area contributed by atoms with Crippen molar-refractivity contribution in [1.29, 1.82) is 0 Å². The Kier molecular flexibility index (Phi) is 7.31. The van der Waals surface area contributed by atoms with E-state index in [1.54, 1.807) is 6.07 Å². The number of halogens is 3. The predicted molar refractivity (Wildman–Crippen MR) is 126 cm³/mol. The van der Waals surface area contributed by atoms with E-state index in [0.717, 1.165) is 36.7 Å². The third-order valence-electron chi connectivity index (χ3n) is 6.19. The molecule has 0 bridgehead atoms. The fraction of sp³-hybridized carbons (Fsp3) is 0.286. The van der Waals surface area contributed by atoms with Crippen molar-refractivity contribution < 1.29 is 18.3 Å². The van der Waals surface area contributed by atoms with E-state index in [4.69, 9.17) is 0 Å². The first kappa shape index (κ1) is 23.3. The van der Waals surface area contributed by atoms with Crippen molar-refractivity contribution in [1.82, 2.24) is 4.90 Å². The van der Waals surface area contributed by atoms with Crippen LogP contribution in [0.15, 0.2) is 84.9 Å². The minimum Gasteiger partial charge on any atom is -0.388 e. The quantitative estimate of drug-likeness (QED) is 0.443. The largest absolute Gasteiger partial charge is 0.416 e. The molecule has 172 valence electrons. The van der Waals surface area contributed by atoms with Crippen molar-refractivity contribution in [2.75, 3.05) is 19.6 Å². The number of benzene rings is 3. The van der Waals surface area contributed by atoms with Crippen LogP contribution in [0.5, 0.6) is 0 Å². The molecule has 3 aromatic rings. The molecule has 5 heteroatoms. The Balaban J connectivity index is 1.28. The third kappa shape index (κ3) is 6.34. The van der Waals surface area contributed by atoms with Crippen molar-refractivity contribution in [2.45, 2.75) is 31.5 Å². The number of hydrogen-bond donors (Lipinski definition) is 1. The van der Waals surface area contributed by atoms with Crippen LogP contribution in [-0.4, -0.2) is 29.6 Å². The van der Waals surface area contributed by atoms with Crippen molar-refractivity contribution >= 4 is 5.57 Å². The van der Waals surface area contributed by atoms with Crippen LogP contribution >= 0.6 is 0 Å². The fourth-order valence-corrected chi connectivity index (χ4v) is 4.23. The first-order chi connectivity index (χ1) is 15.9. The van der Waals surface area contributed by atoms with Crippen molar-refractivity contribution in [2.24, 2.45) is 0 Å². The average Bonchev–Trinajstić information content (AvgIpc) is 2.83. The number of nitrogens with zero attached hydrogens (tertiary/aromatic N) is 1. The van der Waals surface area contributed by atoms with Gasteiger partial charge in [-0.1, -0.05) is 72.8 Å². The highest BCUT2D eigenvalue weighted by Gasteiger charge is 2.30. The third-order valence-corrected chi connectivity index (χ3v) is 6.19. The van der Waals surface area contributed by atoms with Crippen LogP contribution in [0, 0.1) is 0 Å². The summed E-state index contributed by atoms with van der Waals surface area (Å²) < 4.78 is 38.9. The Morgan fingerprint density at radius 3 is 2.27 bits per heavy atom. The number of rotatable bonds is 7. The molecule has 0 saturated carbocycles. The Labute approximate surface area is 193 Å². The van der Waals surface area contributed by atoms with Gasteiger partial charge < -0.3 is 5.11 Å². The van der Waals surface area contributed by atoms with Gasteiger partial charge in [0, 0.05) is 19.6 Å². The van der Waals surface area contributed by atoms with Crippen molar-refractivity contribution in [3.8, 4) is 0 Å². The van der Waals surface area contributed by atoms with Crippen molar-refractivity contribution in [3.63, 3.8) is 0 Å². The molecule has 1 atom stereocenters. The molecule has 0 aromatic heterocycles. The highest BCUT2D eigenvalue weighted by molar-refractivity contribution is 5.67. The summed E-state index contributed by atoms with van der Waals surface area (Å²) >= 11 is 0. The Morgan fingerprint density at radius 2 is 1.61 bits per heavy atom. The lowest BCUT2D eigenvalue weighted by Crippen LogP contribution is -2.30. The lowest BCUT2D eigenvalue weighted by atomic mass is 9.97. The minimum atomic E-state index is -4.33. The molecule has 0 amide bonds. The number of alkyl halides is 3. The van der Waals surface area contributed by atoms with Gasteiger partial charge in [-0.25, -0.2) is 0 Å². The molecule has 1 unspecified atom stereocenters. The van der Waals surface area contributed by atoms with E-state index in [0.29, 0.717) is 24.9 Å². The Hall–Kier alpha value is -2.89. The van der Waals surface area contributed by atoms with Gasteiger partial charge in [-0.2, -0.15) is 13.2 Å². The summed E-state index contributed by atoms with van der Waals surface area (Å²) in [4.78, 5) is 2.23. The van der Waals surface area contributed by atoms with E-state index in [9.17, 15) is 18.3 Å². The van der Waals surface area contributed by atoms with Gasteiger partial charge in [0.1, 0.15) is 0 Å². The van der Waals surface area contributed by atoms with Crippen LogP contribution < -0.4 is 0 Å². The molecule has 0 fully saturated rings. The molecule has 1 aliphatic rings. The zero-order valence-corrected chi connectivity index (χ0v) is 18.4. The summed E-state index contributed by atoms with van der Waals surface area (Å²) in [6.07, 6.45) is -0.677. The molecule has 4 rings (SSSR count). The second kappa shape index (κ2) is 10.4. The smallest absolute Gasteiger partial charge is 0.388 e. The van der Waals surface area contributed by atoms with E-state index >= 15 is 0 Å². The predicted octanol–water partition coefficient (Wildman–Crippen LogP) is 6.51. The molecule has 0 saturated heterocycles. The van der Waals surface area contributed by atoms with Gasteiger partial charge in [-0.05, 0) is 59.2 Å². The van der Waals surface area contributed by atoms with Gasteiger partial charge in [-0.15, -0.1) is 0 Å². The van der Waals surface area contributed by atoms with Crippen LogP contribution in [0.2, 0.25) is 0 Å². The molecule has 0 spiro atoms. The summed E-state index contributed by atoms with van der Waals surface area (Å²) in [5.41, 5.74) is 4.35. The first-order valence-electron chi connectivity index (χ1n) is 11.3. The van der Waals surface area contributed by atoms with Gasteiger partial charge in [0.15, 0.2) is 0 Å². The Bertz CT molecular complexity index is 1070. The monoisotopic (exact) mass is 451 g/mol. The van der Waals surface area contributed by atoms with E-state index in [2.05, 4.69) is 29.2 Å². The van der Waals surface area contributed by atoms with Crippen molar-refractivity contribution in [3.05, 3.63) is 113 Å². The highest BCUT2D eigenvalue weighted by Crippen LogP contribution is 2.32. The maximum absolute atomic E-state index is 13.0. The average molecular weight is 452 g/mol. The molecule has 1 heterocycles. The summed E-state index contributed by atoms with van der Waals surface area (Å²) in [7, 11) is 0. The summed E-state index contributed by atoms with van der Waals surface area (Å²) in [5, 5.41) is 10.6. The lowest BCUT2D eigenvalue weighted by molar-refractivity contribution is -0.137. The standard InChI is InChI=1S/C28H28F3NO/c29-28(30,31)26-8-4-7-25(20-26)23-13-16-32(17-14-23)18-15-27(33)24-11-9-22(10-12-24)19-21-5-2-1-3-6-21/h1-13,20,27,33H,14-19H2. The molecule has 33 heavy (non-hydrogen) atoms. The summed E-state index contributed by atoms with van der Waals surface area (Å²) in [6.45, 7) is 2.18. The number of aliphatic hydroxyl groups is 1. The van der Waals surface area contributed by atoms with E-state index < -0.39 is 17.8 Å². The van der Waals surface area contributed by atoms with E-state index in [1.165, 1.54) is 23.3 Å². The topological polar surface area (TPSA) is 23.5 Å². The lowest BCUT2D eigenvalue weighted by Gasteiger charge is -2.27. The van der Waals surface area contributed by atoms with Crippen LogP contribution in [0.4, 0.5) is 13.2 Å². The molecule has 1 N–H and O–H groups in total. The summed E-state index contributed by atoms with van der Waals surface area (Å²) in [5.74, 6) is 0. The minimum absolute atomic E-state index is 0.537. The zero-order chi connectivity index (χ0) is 23.3. The summed E-state index contributed by atoms with van der Waals surface area (Å²) in [6, 6.07) is 23.9. The van der Waals surface area contributed by atoms with Gasteiger partial charge in [0.2, 0.25) is 0 Å². The molecular weight excluding hydrogens is 423 g/mol. The van der Waals surface area contributed by atoms with Crippen LogP contribution in [0.1, 0.15) is 46.8 Å².